The smallest absolute Gasteiger partial charge is 0.313 e. The van der Waals surface area contributed by atoms with Crippen molar-refractivity contribution >= 4 is 17.7 Å². The lowest BCUT2D eigenvalue weighted by atomic mass is 10.1. The van der Waals surface area contributed by atoms with Crippen molar-refractivity contribution in [1.29, 1.82) is 0 Å². The van der Waals surface area contributed by atoms with Crippen LogP contribution < -0.4 is 0 Å². The number of rotatable bonds is 11. The number of carboxylic acid groups (broad SMARTS) is 1. The molecule has 0 amide bonds. The Kier molecular flexibility index (Phi) is 8.29. The molecular weight excluding hydrogens is 278 g/mol. The maximum atomic E-state index is 10.6. The number of aromatic nitrogens is 3. The van der Waals surface area contributed by atoms with Crippen LogP contribution in [0.3, 0.4) is 0 Å². The minimum absolute atomic E-state index is 0.000943. The second-order valence-corrected chi connectivity index (χ2v) is 5.48. The molecule has 0 bridgehead atoms. The summed E-state index contributed by atoms with van der Waals surface area (Å²) >= 11 is 1.20. The number of aliphatic carboxylic acids is 1. The van der Waals surface area contributed by atoms with E-state index < -0.39 is 5.97 Å². The van der Waals surface area contributed by atoms with E-state index in [4.69, 9.17) is 9.84 Å². The molecule has 0 aromatic carbocycles. The summed E-state index contributed by atoms with van der Waals surface area (Å²) in [4.78, 5) is 10.6. The standard InChI is InChI=1S/C13H23N3O3S/c1-3-4-5-6-7-11-14-15-13(20-10-12(17)18)16(11)8-9-19-2/h3-10H2,1-2H3,(H,17,18). The number of ether oxygens (including phenoxy) is 1. The van der Waals surface area contributed by atoms with Gasteiger partial charge < -0.3 is 14.4 Å². The summed E-state index contributed by atoms with van der Waals surface area (Å²) in [6.45, 7) is 3.41. The van der Waals surface area contributed by atoms with E-state index in [-0.39, 0.29) is 5.75 Å². The molecular formula is C13H23N3O3S. The van der Waals surface area contributed by atoms with Crippen LogP contribution in [0.1, 0.15) is 38.4 Å². The number of aryl methyl sites for hydroxylation is 1. The molecule has 1 rings (SSSR count). The first-order valence-electron chi connectivity index (χ1n) is 6.94. The first-order valence-corrected chi connectivity index (χ1v) is 7.93. The molecule has 20 heavy (non-hydrogen) atoms. The SMILES string of the molecule is CCCCCCc1nnc(SCC(=O)O)n1CCOC. The molecule has 7 heteroatoms. The normalized spacial score (nSPS) is 10.9. The van der Waals surface area contributed by atoms with E-state index in [1.165, 1.54) is 31.0 Å². The number of hydrogen-bond donors (Lipinski definition) is 1. The second-order valence-electron chi connectivity index (χ2n) is 4.54. The molecule has 0 unspecified atom stereocenters. The Hall–Kier alpha value is -1.08. The molecule has 1 aromatic rings. The maximum absolute atomic E-state index is 10.6. The molecule has 1 heterocycles. The summed E-state index contributed by atoms with van der Waals surface area (Å²) in [7, 11) is 1.65. The van der Waals surface area contributed by atoms with Crippen LogP contribution >= 0.6 is 11.8 Å². The molecule has 0 atom stereocenters. The Balaban J connectivity index is 2.63. The number of methoxy groups -OCH3 is 1. The van der Waals surface area contributed by atoms with Gasteiger partial charge in [0, 0.05) is 20.1 Å². The van der Waals surface area contributed by atoms with Crippen molar-refractivity contribution < 1.29 is 14.6 Å². The van der Waals surface area contributed by atoms with E-state index in [2.05, 4.69) is 17.1 Å². The average molecular weight is 301 g/mol. The van der Waals surface area contributed by atoms with Crippen molar-refractivity contribution in [1.82, 2.24) is 14.8 Å². The van der Waals surface area contributed by atoms with Gasteiger partial charge in [0.2, 0.25) is 0 Å². The minimum atomic E-state index is -0.846. The molecule has 0 saturated carbocycles. The number of carboxylic acids is 1. The number of thioether (sulfide) groups is 1. The van der Waals surface area contributed by atoms with Gasteiger partial charge in [-0.15, -0.1) is 10.2 Å². The molecule has 0 aliphatic rings. The molecule has 0 aliphatic carbocycles. The van der Waals surface area contributed by atoms with Crippen molar-refractivity contribution in [2.75, 3.05) is 19.5 Å². The quantitative estimate of drug-likeness (QED) is 0.499. The topological polar surface area (TPSA) is 77.2 Å². The van der Waals surface area contributed by atoms with E-state index in [1.54, 1.807) is 7.11 Å². The lowest BCUT2D eigenvalue weighted by Crippen LogP contribution is -2.10. The average Bonchev–Trinajstić information content (AvgIpc) is 2.81. The van der Waals surface area contributed by atoms with E-state index >= 15 is 0 Å². The molecule has 6 nitrogen and oxygen atoms in total. The van der Waals surface area contributed by atoms with Gasteiger partial charge in [-0.25, -0.2) is 0 Å². The van der Waals surface area contributed by atoms with Gasteiger partial charge in [0.05, 0.1) is 12.4 Å². The van der Waals surface area contributed by atoms with Gasteiger partial charge in [0.25, 0.3) is 0 Å². The predicted octanol–water partition coefficient (Wildman–Crippen LogP) is 2.22. The first kappa shape index (κ1) is 17.0. The monoisotopic (exact) mass is 301 g/mol. The molecule has 0 spiro atoms. The summed E-state index contributed by atoms with van der Waals surface area (Å²) in [5, 5.41) is 17.7. The lowest BCUT2D eigenvalue weighted by molar-refractivity contribution is -0.133. The zero-order valence-corrected chi connectivity index (χ0v) is 13.0. The van der Waals surface area contributed by atoms with Crippen LogP contribution in [0.15, 0.2) is 5.16 Å². The molecule has 114 valence electrons. The summed E-state index contributed by atoms with van der Waals surface area (Å²) in [6, 6.07) is 0. The zero-order valence-electron chi connectivity index (χ0n) is 12.2. The minimum Gasteiger partial charge on any atom is -0.481 e. The Morgan fingerprint density at radius 3 is 2.80 bits per heavy atom. The van der Waals surface area contributed by atoms with Crippen molar-refractivity contribution in [3.05, 3.63) is 5.82 Å². The molecule has 0 radical (unpaired) electrons. The summed E-state index contributed by atoms with van der Waals surface area (Å²) in [5.74, 6) is 0.0767. The fourth-order valence-corrected chi connectivity index (χ4v) is 2.56. The van der Waals surface area contributed by atoms with Gasteiger partial charge in [0.15, 0.2) is 5.16 Å². The molecule has 1 aromatic heterocycles. The maximum Gasteiger partial charge on any atom is 0.313 e. The van der Waals surface area contributed by atoms with Crippen LogP contribution in [0, 0.1) is 0 Å². The van der Waals surface area contributed by atoms with Crippen molar-refractivity contribution in [3.63, 3.8) is 0 Å². The largest absolute Gasteiger partial charge is 0.481 e. The molecule has 0 fully saturated rings. The molecule has 1 N–H and O–H groups in total. The number of unbranched alkanes of at least 4 members (excludes halogenated alkanes) is 3. The van der Waals surface area contributed by atoms with Crippen molar-refractivity contribution in [2.24, 2.45) is 0 Å². The second kappa shape index (κ2) is 9.77. The van der Waals surface area contributed by atoms with Gasteiger partial charge in [-0.05, 0) is 6.42 Å². The van der Waals surface area contributed by atoms with Gasteiger partial charge in [-0.3, -0.25) is 4.79 Å². The predicted molar refractivity (Wildman–Crippen MR) is 78.1 cm³/mol. The number of nitrogens with zero attached hydrogens (tertiary/aromatic N) is 3. The summed E-state index contributed by atoms with van der Waals surface area (Å²) in [6.07, 6.45) is 5.58. The summed E-state index contributed by atoms with van der Waals surface area (Å²) < 4.78 is 7.07. The van der Waals surface area contributed by atoms with E-state index in [9.17, 15) is 4.79 Å². The fraction of sp³-hybridized carbons (Fsp3) is 0.769. The Morgan fingerprint density at radius 2 is 2.15 bits per heavy atom. The number of hydrogen-bond acceptors (Lipinski definition) is 5. The van der Waals surface area contributed by atoms with Gasteiger partial charge in [-0.2, -0.15) is 0 Å². The third kappa shape index (κ3) is 5.92. The van der Waals surface area contributed by atoms with E-state index in [0.717, 1.165) is 18.7 Å². The highest BCUT2D eigenvalue weighted by Gasteiger charge is 2.13. The fourth-order valence-electron chi connectivity index (χ4n) is 1.85. The van der Waals surface area contributed by atoms with Crippen LogP contribution in [-0.4, -0.2) is 45.3 Å². The third-order valence-electron chi connectivity index (χ3n) is 2.89. The molecule has 0 saturated heterocycles. The van der Waals surface area contributed by atoms with Crippen LogP contribution in [0.5, 0.6) is 0 Å². The highest BCUT2D eigenvalue weighted by molar-refractivity contribution is 7.99. The molecule has 0 aliphatic heterocycles. The number of carbonyl (C=O) groups is 1. The van der Waals surface area contributed by atoms with Crippen LogP contribution in [0.4, 0.5) is 0 Å². The van der Waals surface area contributed by atoms with Gasteiger partial charge >= 0.3 is 5.97 Å². The van der Waals surface area contributed by atoms with E-state index in [1.807, 2.05) is 4.57 Å². The zero-order chi connectivity index (χ0) is 14.8. The van der Waals surface area contributed by atoms with Crippen LogP contribution in [0.2, 0.25) is 0 Å². The lowest BCUT2D eigenvalue weighted by Gasteiger charge is -2.08. The van der Waals surface area contributed by atoms with Crippen molar-refractivity contribution in [2.45, 2.75) is 50.7 Å². The van der Waals surface area contributed by atoms with E-state index in [0.29, 0.717) is 18.3 Å². The Morgan fingerprint density at radius 1 is 1.35 bits per heavy atom. The highest BCUT2D eigenvalue weighted by Crippen LogP contribution is 2.18. The first-order chi connectivity index (χ1) is 9.69. The Bertz CT molecular complexity index is 410. The summed E-state index contributed by atoms with van der Waals surface area (Å²) in [5.41, 5.74) is 0. The van der Waals surface area contributed by atoms with Crippen LogP contribution in [-0.2, 0) is 22.5 Å². The van der Waals surface area contributed by atoms with Crippen molar-refractivity contribution in [3.8, 4) is 0 Å². The third-order valence-corrected chi connectivity index (χ3v) is 3.84. The van der Waals surface area contributed by atoms with Crippen LogP contribution in [0.25, 0.3) is 0 Å². The Labute approximate surface area is 123 Å². The van der Waals surface area contributed by atoms with Gasteiger partial charge in [-0.1, -0.05) is 37.9 Å². The highest BCUT2D eigenvalue weighted by atomic mass is 32.2. The van der Waals surface area contributed by atoms with Gasteiger partial charge in [0.1, 0.15) is 5.82 Å².